The predicted molar refractivity (Wildman–Crippen MR) is 104 cm³/mol. The Morgan fingerprint density at radius 1 is 0.815 bits per heavy atom. The molecule has 0 spiro atoms. The lowest BCUT2D eigenvalue weighted by Gasteiger charge is -2.18. The predicted octanol–water partition coefficient (Wildman–Crippen LogP) is 4.55. The molecule has 0 atom stereocenters. The Morgan fingerprint density at radius 2 is 1.37 bits per heavy atom. The van der Waals surface area contributed by atoms with Gasteiger partial charge in [0.05, 0.1) is 11.6 Å². The number of carbonyl (C=O) groups excluding carboxylic acids is 2. The van der Waals surface area contributed by atoms with Gasteiger partial charge in [0.1, 0.15) is 5.82 Å². The van der Waals surface area contributed by atoms with Crippen LogP contribution in [0, 0.1) is 5.82 Å². The van der Waals surface area contributed by atoms with Gasteiger partial charge in [0.25, 0.3) is 0 Å². The van der Waals surface area contributed by atoms with Gasteiger partial charge < -0.3 is 10.6 Å². The summed E-state index contributed by atoms with van der Waals surface area (Å²) in [6, 6.07) is 23.0. The van der Waals surface area contributed by atoms with Crippen LogP contribution in [0.15, 0.2) is 78.9 Å². The molecule has 3 aromatic rings. The van der Waals surface area contributed by atoms with Crippen molar-refractivity contribution in [1.29, 1.82) is 0 Å². The highest BCUT2D eigenvalue weighted by Crippen LogP contribution is 2.27. The summed E-state index contributed by atoms with van der Waals surface area (Å²) in [5.74, 6) is -1.70. The van der Waals surface area contributed by atoms with Crippen LogP contribution in [0.2, 0.25) is 0 Å². The van der Waals surface area contributed by atoms with Crippen LogP contribution in [0.25, 0.3) is 0 Å². The molecule has 27 heavy (non-hydrogen) atoms. The number of rotatable bonds is 5. The Balaban J connectivity index is 1.91. The molecular formula is C22H19FN2O2. The highest BCUT2D eigenvalue weighted by Gasteiger charge is 2.23. The van der Waals surface area contributed by atoms with Crippen molar-refractivity contribution in [2.45, 2.75) is 12.8 Å². The fourth-order valence-electron chi connectivity index (χ4n) is 2.89. The van der Waals surface area contributed by atoms with E-state index >= 15 is 0 Å². The number of nitrogens with one attached hydrogen (secondary N) is 2. The third kappa shape index (κ3) is 4.58. The van der Waals surface area contributed by atoms with Gasteiger partial charge in [-0.3, -0.25) is 9.59 Å². The largest absolute Gasteiger partial charge is 0.325 e. The SMILES string of the molecule is CC(=O)Nc1cc(NC(=O)C(c2ccccc2)c2ccccc2)ccc1F. The van der Waals surface area contributed by atoms with E-state index in [9.17, 15) is 14.0 Å². The second kappa shape index (κ2) is 8.27. The van der Waals surface area contributed by atoms with Crippen molar-refractivity contribution in [2.24, 2.45) is 0 Å². The zero-order valence-electron chi connectivity index (χ0n) is 14.8. The molecule has 0 aromatic heterocycles. The lowest BCUT2D eigenvalue weighted by Crippen LogP contribution is -2.22. The van der Waals surface area contributed by atoms with E-state index in [2.05, 4.69) is 10.6 Å². The molecule has 5 heteroatoms. The molecule has 0 aliphatic heterocycles. The monoisotopic (exact) mass is 362 g/mol. The third-order valence-electron chi connectivity index (χ3n) is 4.07. The summed E-state index contributed by atoms with van der Waals surface area (Å²) in [7, 11) is 0. The first kappa shape index (κ1) is 18.3. The molecule has 2 amide bonds. The molecule has 4 nitrogen and oxygen atoms in total. The molecule has 136 valence electrons. The van der Waals surface area contributed by atoms with Crippen molar-refractivity contribution >= 4 is 23.2 Å². The Labute approximate surface area is 157 Å². The second-order valence-corrected chi connectivity index (χ2v) is 6.12. The molecule has 0 unspecified atom stereocenters. The molecular weight excluding hydrogens is 343 g/mol. The Bertz CT molecular complexity index is 904. The zero-order chi connectivity index (χ0) is 19.2. The van der Waals surface area contributed by atoms with Crippen molar-refractivity contribution < 1.29 is 14.0 Å². The number of anilines is 2. The number of halogens is 1. The minimum atomic E-state index is -0.564. The third-order valence-corrected chi connectivity index (χ3v) is 4.07. The van der Waals surface area contributed by atoms with Gasteiger partial charge in [0, 0.05) is 12.6 Å². The highest BCUT2D eigenvalue weighted by molar-refractivity contribution is 5.99. The topological polar surface area (TPSA) is 58.2 Å². The normalized spacial score (nSPS) is 10.5. The van der Waals surface area contributed by atoms with Gasteiger partial charge in [-0.2, -0.15) is 0 Å². The quantitative estimate of drug-likeness (QED) is 0.699. The molecule has 3 aromatic carbocycles. The van der Waals surface area contributed by atoms with Crippen LogP contribution in [-0.2, 0) is 9.59 Å². The van der Waals surface area contributed by atoms with Crippen molar-refractivity contribution in [3.8, 4) is 0 Å². The standard InChI is InChI=1S/C22H19FN2O2/c1-15(26)24-20-14-18(12-13-19(20)23)25-22(27)21(16-8-4-2-5-9-16)17-10-6-3-7-11-17/h2-14,21H,1H3,(H,24,26)(H,25,27). The molecule has 0 bridgehead atoms. The minimum absolute atomic E-state index is 0.0243. The second-order valence-electron chi connectivity index (χ2n) is 6.12. The summed E-state index contributed by atoms with van der Waals surface area (Å²) in [4.78, 5) is 24.3. The first-order chi connectivity index (χ1) is 13.0. The summed E-state index contributed by atoms with van der Waals surface area (Å²) in [5, 5.41) is 5.24. The average Bonchev–Trinajstić information content (AvgIpc) is 2.66. The van der Waals surface area contributed by atoms with Gasteiger partial charge in [-0.05, 0) is 29.3 Å². The zero-order valence-corrected chi connectivity index (χ0v) is 14.8. The molecule has 0 aliphatic carbocycles. The van der Waals surface area contributed by atoms with E-state index in [4.69, 9.17) is 0 Å². The van der Waals surface area contributed by atoms with Crippen LogP contribution in [0.3, 0.4) is 0 Å². The smallest absolute Gasteiger partial charge is 0.236 e. The van der Waals surface area contributed by atoms with Crippen molar-refractivity contribution in [2.75, 3.05) is 10.6 Å². The molecule has 0 saturated carbocycles. The van der Waals surface area contributed by atoms with Crippen LogP contribution >= 0.6 is 0 Å². The fraction of sp³-hybridized carbons (Fsp3) is 0.0909. The lowest BCUT2D eigenvalue weighted by atomic mass is 9.90. The van der Waals surface area contributed by atoms with Gasteiger partial charge in [0.2, 0.25) is 11.8 Å². The number of benzene rings is 3. The average molecular weight is 362 g/mol. The summed E-state index contributed by atoms with van der Waals surface area (Å²) >= 11 is 0. The van der Waals surface area contributed by atoms with Crippen molar-refractivity contribution in [3.05, 3.63) is 95.8 Å². The van der Waals surface area contributed by atoms with E-state index in [1.807, 2.05) is 60.7 Å². The van der Waals surface area contributed by atoms with Crippen molar-refractivity contribution in [3.63, 3.8) is 0 Å². The summed E-state index contributed by atoms with van der Waals surface area (Å²) in [5.41, 5.74) is 2.13. The number of hydrogen-bond acceptors (Lipinski definition) is 2. The molecule has 3 rings (SSSR count). The number of amides is 2. The van der Waals surface area contributed by atoms with E-state index in [0.717, 1.165) is 11.1 Å². The lowest BCUT2D eigenvalue weighted by molar-refractivity contribution is -0.117. The Hall–Kier alpha value is -3.47. The molecule has 0 radical (unpaired) electrons. The van der Waals surface area contributed by atoms with E-state index in [-0.39, 0.29) is 17.5 Å². The number of carbonyl (C=O) groups is 2. The maximum atomic E-state index is 13.8. The molecule has 0 heterocycles. The number of hydrogen-bond donors (Lipinski definition) is 2. The van der Waals surface area contributed by atoms with Crippen LogP contribution in [-0.4, -0.2) is 11.8 Å². The van der Waals surface area contributed by atoms with Gasteiger partial charge in [-0.25, -0.2) is 4.39 Å². The van der Waals surface area contributed by atoms with E-state index in [1.165, 1.54) is 25.1 Å². The van der Waals surface area contributed by atoms with Crippen LogP contribution < -0.4 is 10.6 Å². The maximum Gasteiger partial charge on any atom is 0.236 e. The first-order valence-corrected chi connectivity index (χ1v) is 8.52. The molecule has 0 fully saturated rings. The maximum absolute atomic E-state index is 13.8. The van der Waals surface area contributed by atoms with Gasteiger partial charge in [0.15, 0.2) is 0 Å². The van der Waals surface area contributed by atoms with Gasteiger partial charge in [-0.1, -0.05) is 60.7 Å². The van der Waals surface area contributed by atoms with Gasteiger partial charge >= 0.3 is 0 Å². The van der Waals surface area contributed by atoms with E-state index < -0.39 is 11.7 Å². The molecule has 0 saturated heterocycles. The van der Waals surface area contributed by atoms with Crippen LogP contribution in [0.4, 0.5) is 15.8 Å². The summed E-state index contributed by atoms with van der Waals surface area (Å²) in [6.45, 7) is 1.30. The summed E-state index contributed by atoms with van der Waals surface area (Å²) < 4.78 is 13.8. The Kier molecular flexibility index (Phi) is 5.61. The minimum Gasteiger partial charge on any atom is -0.325 e. The van der Waals surface area contributed by atoms with Crippen molar-refractivity contribution in [1.82, 2.24) is 0 Å². The van der Waals surface area contributed by atoms with E-state index in [1.54, 1.807) is 0 Å². The van der Waals surface area contributed by atoms with E-state index in [0.29, 0.717) is 5.69 Å². The Morgan fingerprint density at radius 3 is 1.89 bits per heavy atom. The molecule has 2 N–H and O–H groups in total. The highest BCUT2D eigenvalue weighted by atomic mass is 19.1. The fourth-order valence-corrected chi connectivity index (χ4v) is 2.89. The summed E-state index contributed by atoms with van der Waals surface area (Å²) in [6.07, 6.45) is 0. The van der Waals surface area contributed by atoms with Crippen LogP contribution in [0.1, 0.15) is 24.0 Å². The molecule has 0 aliphatic rings. The van der Waals surface area contributed by atoms with Crippen LogP contribution in [0.5, 0.6) is 0 Å². The van der Waals surface area contributed by atoms with Gasteiger partial charge in [-0.15, -0.1) is 0 Å². The first-order valence-electron chi connectivity index (χ1n) is 8.52.